The lowest BCUT2D eigenvalue weighted by Gasteiger charge is -2.18. The smallest absolute Gasteiger partial charge is 0.439 e. The summed E-state index contributed by atoms with van der Waals surface area (Å²) in [6, 6.07) is 0. The first kappa shape index (κ1) is 10.9. The van der Waals surface area contributed by atoms with Crippen LogP contribution in [0.3, 0.4) is 0 Å². The van der Waals surface area contributed by atoms with Gasteiger partial charge >= 0.3 is 17.1 Å². The Morgan fingerprint density at radius 3 is 2.00 bits per heavy atom. The molecule has 0 heterocycles. The number of carbonyl (C=O) groups is 1. The number of halogens is 4. The van der Waals surface area contributed by atoms with Crippen LogP contribution in [0.25, 0.3) is 0 Å². The van der Waals surface area contributed by atoms with Crippen molar-refractivity contribution in [3.05, 3.63) is 0 Å². The quantitative estimate of drug-likeness (QED) is 0.314. The van der Waals surface area contributed by atoms with E-state index in [2.05, 4.69) is 11.6 Å². The van der Waals surface area contributed by atoms with E-state index >= 15 is 0 Å². The number of carbonyl (C=O) groups excluding carboxylic acids is 1. The summed E-state index contributed by atoms with van der Waals surface area (Å²) in [6.07, 6.45) is -4.90. The molecule has 0 aromatic carbocycles. The zero-order chi connectivity index (χ0) is 9.99. The number of isocyanates is 1. The average molecular weight is 204 g/mol. The molecule has 0 saturated carbocycles. The monoisotopic (exact) mass is 203 g/mol. The molecule has 0 aliphatic carbocycles. The van der Waals surface area contributed by atoms with Crippen molar-refractivity contribution in [1.82, 2.24) is 0 Å². The summed E-state index contributed by atoms with van der Waals surface area (Å²) in [7, 11) is 0. The van der Waals surface area contributed by atoms with E-state index in [4.69, 9.17) is 5.11 Å². The molecule has 0 spiro atoms. The molecule has 0 bridgehead atoms. The number of carboxylic acid groups (broad SMARTS) is 1. The second kappa shape index (κ2) is 3.12. The van der Waals surface area contributed by atoms with Gasteiger partial charge in [0.15, 0.2) is 0 Å². The van der Waals surface area contributed by atoms with Gasteiger partial charge in [-0.25, -0.2) is 9.59 Å². The molecule has 0 aliphatic heterocycles. The number of alkyl halides is 4. The molecule has 8 heteroatoms. The summed E-state index contributed by atoms with van der Waals surface area (Å²) in [5, 5.41) is 7.97. The lowest BCUT2D eigenvalue weighted by Crippen LogP contribution is -2.45. The fraction of sp³-hybridized carbons (Fsp3) is 0.500. The highest BCUT2D eigenvalue weighted by Gasteiger charge is 2.61. The van der Waals surface area contributed by atoms with Crippen molar-refractivity contribution in [2.45, 2.75) is 11.2 Å². The maximum absolute atomic E-state index is 11.8. The van der Waals surface area contributed by atoms with Gasteiger partial charge in [-0.2, -0.15) is 18.2 Å². The average Bonchev–Trinajstić information content (AvgIpc) is 1.85. The molecule has 12 heavy (non-hydrogen) atoms. The third kappa shape index (κ3) is 1.75. The van der Waals surface area contributed by atoms with Crippen molar-refractivity contribution in [3.8, 4) is 0 Å². The standard InChI is InChI=1S/C4HClF3NO3/c5-3(2(11)12,9-1-10)4(6,7)8/h(H,11,12). The van der Waals surface area contributed by atoms with Gasteiger partial charge in [0.2, 0.25) is 6.08 Å². The highest BCUT2D eigenvalue weighted by molar-refractivity contribution is 6.34. The van der Waals surface area contributed by atoms with Gasteiger partial charge < -0.3 is 5.11 Å². The number of hydrogen-bond acceptors (Lipinski definition) is 3. The molecular weight excluding hydrogens is 202 g/mol. The minimum atomic E-state index is -5.34. The highest BCUT2D eigenvalue weighted by Crippen LogP contribution is 2.37. The van der Waals surface area contributed by atoms with E-state index < -0.39 is 17.1 Å². The Morgan fingerprint density at radius 1 is 1.50 bits per heavy atom. The number of carboxylic acids is 1. The van der Waals surface area contributed by atoms with E-state index in [9.17, 15) is 22.8 Å². The maximum Gasteiger partial charge on any atom is 0.439 e. The number of aliphatic imine (C=N–C) groups is 1. The fourth-order valence-electron chi connectivity index (χ4n) is 0.295. The Hall–Kier alpha value is -1.07. The normalized spacial score (nSPS) is 16.0. The van der Waals surface area contributed by atoms with E-state index in [1.165, 1.54) is 0 Å². The van der Waals surface area contributed by atoms with Crippen molar-refractivity contribution < 1.29 is 27.9 Å². The number of nitrogens with zero attached hydrogens (tertiary/aromatic N) is 1. The van der Waals surface area contributed by atoms with Crippen LogP contribution in [0.2, 0.25) is 0 Å². The number of hydrogen-bond donors (Lipinski definition) is 1. The summed E-state index contributed by atoms with van der Waals surface area (Å²) >= 11 is 4.50. The van der Waals surface area contributed by atoms with Crippen LogP contribution in [0.5, 0.6) is 0 Å². The van der Waals surface area contributed by atoms with Crippen molar-refractivity contribution in [3.63, 3.8) is 0 Å². The maximum atomic E-state index is 11.8. The summed E-state index contributed by atoms with van der Waals surface area (Å²) in [5.74, 6) is -2.47. The van der Waals surface area contributed by atoms with Gasteiger partial charge in [-0.1, -0.05) is 11.6 Å². The number of rotatable bonds is 2. The summed E-state index contributed by atoms with van der Waals surface area (Å²) < 4.78 is 35.3. The first-order chi connectivity index (χ1) is 5.25. The Balaban J connectivity index is 5.15. The second-order valence-corrected chi connectivity index (χ2v) is 2.18. The predicted molar refractivity (Wildman–Crippen MR) is 30.4 cm³/mol. The molecule has 68 valence electrons. The molecule has 0 saturated heterocycles. The van der Waals surface area contributed by atoms with Crippen LogP contribution < -0.4 is 0 Å². The number of aliphatic carboxylic acids is 1. The van der Waals surface area contributed by atoms with E-state index in [0.29, 0.717) is 6.08 Å². The van der Waals surface area contributed by atoms with Gasteiger partial charge in [0.1, 0.15) is 0 Å². The largest absolute Gasteiger partial charge is 0.478 e. The third-order valence-electron chi connectivity index (χ3n) is 0.859. The summed E-state index contributed by atoms with van der Waals surface area (Å²) in [6.45, 7) is 0. The minimum Gasteiger partial charge on any atom is -0.478 e. The molecule has 0 aliphatic rings. The van der Waals surface area contributed by atoms with E-state index in [-0.39, 0.29) is 0 Å². The van der Waals surface area contributed by atoms with Gasteiger partial charge in [0, 0.05) is 0 Å². The van der Waals surface area contributed by atoms with Gasteiger partial charge in [0.25, 0.3) is 0 Å². The van der Waals surface area contributed by atoms with Crippen molar-refractivity contribution >= 4 is 23.7 Å². The van der Waals surface area contributed by atoms with Gasteiger partial charge in [-0.3, -0.25) is 0 Å². The van der Waals surface area contributed by atoms with Crippen molar-refractivity contribution in [2.24, 2.45) is 4.99 Å². The lowest BCUT2D eigenvalue weighted by molar-refractivity contribution is -0.183. The first-order valence-corrected chi connectivity index (χ1v) is 2.71. The molecule has 4 nitrogen and oxygen atoms in total. The van der Waals surface area contributed by atoms with Gasteiger partial charge in [-0.15, -0.1) is 0 Å². The van der Waals surface area contributed by atoms with Crippen LogP contribution in [-0.4, -0.2) is 28.3 Å². The molecule has 0 radical (unpaired) electrons. The van der Waals surface area contributed by atoms with Crippen LogP contribution in [0, 0.1) is 0 Å². The van der Waals surface area contributed by atoms with Crippen LogP contribution >= 0.6 is 11.6 Å². The zero-order valence-corrected chi connectivity index (χ0v) is 5.98. The topological polar surface area (TPSA) is 66.7 Å². The SMILES string of the molecule is O=C=NC(Cl)(C(=O)O)C(F)(F)F. The van der Waals surface area contributed by atoms with E-state index in [1.807, 2.05) is 4.99 Å². The second-order valence-electron chi connectivity index (χ2n) is 1.63. The Labute approximate surface area is 68.6 Å². The first-order valence-electron chi connectivity index (χ1n) is 2.33. The predicted octanol–water partition coefficient (Wildman–Crippen LogP) is 0.904. The Morgan fingerprint density at radius 2 is 1.92 bits per heavy atom. The Kier molecular flexibility index (Phi) is 2.84. The van der Waals surface area contributed by atoms with Gasteiger partial charge in [-0.05, 0) is 0 Å². The summed E-state index contributed by atoms with van der Waals surface area (Å²) in [4.78, 5) is 17.4. The minimum absolute atomic E-state index is 0.438. The van der Waals surface area contributed by atoms with Gasteiger partial charge in [0.05, 0.1) is 0 Å². The van der Waals surface area contributed by atoms with Crippen LogP contribution in [0.4, 0.5) is 13.2 Å². The molecule has 0 aromatic rings. The molecule has 0 fully saturated rings. The third-order valence-corrected chi connectivity index (χ3v) is 1.32. The van der Waals surface area contributed by atoms with Crippen LogP contribution in [0.1, 0.15) is 0 Å². The summed E-state index contributed by atoms with van der Waals surface area (Å²) in [5.41, 5.74) is 0. The molecule has 1 atom stereocenters. The highest BCUT2D eigenvalue weighted by atomic mass is 35.5. The van der Waals surface area contributed by atoms with E-state index in [1.54, 1.807) is 0 Å². The van der Waals surface area contributed by atoms with Crippen molar-refractivity contribution in [2.75, 3.05) is 0 Å². The Bertz CT molecular complexity index is 242. The zero-order valence-electron chi connectivity index (χ0n) is 5.22. The van der Waals surface area contributed by atoms with Crippen molar-refractivity contribution in [1.29, 1.82) is 0 Å². The molecule has 1 unspecified atom stereocenters. The van der Waals surface area contributed by atoms with E-state index in [0.717, 1.165) is 0 Å². The molecule has 1 N–H and O–H groups in total. The van der Waals surface area contributed by atoms with Crippen LogP contribution in [0.15, 0.2) is 4.99 Å². The molecule has 0 rings (SSSR count). The van der Waals surface area contributed by atoms with Crippen LogP contribution in [-0.2, 0) is 9.59 Å². The molecular formula is C4HClF3NO3. The fourth-order valence-corrected chi connectivity index (χ4v) is 0.330. The molecule has 0 aromatic heterocycles. The lowest BCUT2D eigenvalue weighted by atomic mass is 10.3. The molecule has 0 amide bonds.